The molecule has 0 amide bonds. The maximum atomic E-state index is 6.02. The van der Waals surface area contributed by atoms with E-state index in [1.54, 1.807) is 11.3 Å². The molecular weight excluding hydrogens is 256 g/mol. The lowest BCUT2D eigenvalue weighted by molar-refractivity contribution is 0.0451. The Morgan fingerprint density at radius 3 is 2.68 bits per heavy atom. The second-order valence-electron chi connectivity index (χ2n) is 6.02. The van der Waals surface area contributed by atoms with Gasteiger partial charge in [0.15, 0.2) is 0 Å². The molecule has 0 bridgehead atoms. The Balaban J connectivity index is 2.31. The second kappa shape index (κ2) is 7.98. The molecule has 1 N–H and O–H groups in total. The molecule has 0 fully saturated rings. The number of rotatable bonds is 8. The van der Waals surface area contributed by atoms with E-state index in [-0.39, 0.29) is 5.54 Å². The predicted octanol–water partition coefficient (Wildman–Crippen LogP) is 3.57. The first-order valence-corrected chi connectivity index (χ1v) is 8.06. The van der Waals surface area contributed by atoms with Crippen LogP contribution in [-0.4, -0.2) is 29.8 Å². The van der Waals surface area contributed by atoms with Crippen LogP contribution in [0.15, 0.2) is 5.51 Å². The third-order valence-corrected chi connectivity index (χ3v) is 3.99. The number of nitrogens with zero attached hydrogens (tertiary/aromatic N) is 1. The summed E-state index contributed by atoms with van der Waals surface area (Å²) in [5.74, 6) is 0. The largest absolute Gasteiger partial charge is 0.377 e. The van der Waals surface area contributed by atoms with Crippen LogP contribution in [0.25, 0.3) is 0 Å². The zero-order chi connectivity index (χ0) is 14.3. The molecule has 1 rings (SSSR count). The summed E-state index contributed by atoms with van der Waals surface area (Å²) in [7, 11) is 0. The van der Waals surface area contributed by atoms with Crippen LogP contribution >= 0.6 is 11.3 Å². The fraction of sp³-hybridized carbons (Fsp3) is 0.800. The van der Waals surface area contributed by atoms with Crippen molar-refractivity contribution in [2.75, 3.05) is 13.2 Å². The smallest absolute Gasteiger partial charge is 0.0797 e. The van der Waals surface area contributed by atoms with Crippen LogP contribution in [0.4, 0.5) is 0 Å². The van der Waals surface area contributed by atoms with Crippen molar-refractivity contribution in [3.8, 4) is 0 Å². The zero-order valence-corrected chi connectivity index (χ0v) is 13.8. The van der Waals surface area contributed by atoms with Gasteiger partial charge in [-0.15, -0.1) is 11.3 Å². The number of aromatic nitrogens is 1. The lowest BCUT2D eigenvalue weighted by atomic mass is 10.1. The van der Waals surface area contributed by atoms with Gasteiger partial charge in [-0.25, -0.2) is 4.98 Å². The molecule has 0 aliphatic heterocycles. The average Bonchev–Trinajstić information content (AvgIpc) is 2.71. The van der Waals surface area contributed by atoms with Gasteiger partial charge in [-0.05, 0) is 34.1 Å². The fourth-order valence-electron chi connectivity index (χ4n) is 1.87. The highest BCUT2D eigenvalue weighted by molar-refractivity contribution is 7.09. The molecule has 0 aromatic carbocycles. The van der Waals surface area contributed by atoms with E-state index >= 15 is 0 Å². The van der Waals surface area contributed by atoms with Gasteiger partial charge in [0.2, 0.25) is 0 Å². The Hall–Kier alpha value is -0.450. The van der Waals surface area contributed by atoms with Crippen molar-refractivity contribution in [3.63, 3.8) is 0 Å². The normalized spacial score (nSPS) is 13.7. The Labute approximate surface area is 121 Å². The van der Waals surface area contributed by atoms with Gasteiger partial charge in [-0.1, -0.05) is 13.3 Å². The van der Waals surface area contributed by atoms with Gasteiger partial charge in [0.25, 0.3) is 0 Å². The Bertz CT molecular complexity index is 357. The van der Waals surface area contributed by atoms with Crippen molar-refractivity contribution in [2.45, 2.75) is 65.5 Å². The van der Waals surface area contributed by atoms with E-state index in [1.165, 1.54) is 4.88 Å². The third kappa shape index (κ3) is 7.04. The van der Waals surface area contributed by atoms with Crippen molar-refractivity contribution in [1.82, 2.24) is 10.3 Å². The highest BCUT2D eigenvalue weighted by atomic mass is 32.1. The zero-order valence-electron chi connectivity index (χ0n) is 13.0. The minimum Gasteiger partial charge on any atom is -0.377 e. The van der Waals surface area contributed by atoms with E-state index in [0.717, 1.165) is 38.1 Å². The lowest BCUT2D eigenvalue weighted by Crippen LogP contribution is -2.41. The quantitative estimate of drug-likeness (QED) is 0.792. The monoisotopic (exact) mass is 284 g/mol. The van der Waals surface area contributed by atoms with Gasteiger partial charge in [-0.3, -0.25) is 0 Å². The van der Waals surface area contributed by atoms with Crippen LogP contribution in [0.2, 0.25) is 0 Å². The van der Waals surface area contributed by atoms with Gasteiger partial charge in [-0.2, -0.15) is 0 Å². The summed E-state index contributed by atoms with van der Waals surface area (Å²) in [6.07, 6.45) is 3.57. The lowest BCUT2D eigenvalue weighted by Gasteiger charge is -2.25. The average molecular weight is 284 g/mol. The first-order valence-electron chi connectivity index (χ1n) is 7.18. The SMILES string of the molecule is CCCC(CNC(C)(C)C)OCCc1scnc1C. The molecule has 1 heterocycles. The van der Waals surface area contributed by atoms with Crippen LogP contribution in [-0.2, 0) is 11.2 Å². The van der Waals surface area contributed by atoms with Gasteiger partial charge >= 0.3 is 0 Å². The Morgan fingerprint density at radius 2 is 2.16 bits per heavy atom. The highest BCUT2D eigenvalue weighted by Gasteiger charge is 2.14. The molecule has 1 aromatic rings. The minimum absolute atomic E-state index is 0.156. The van der Waals surface area contributed by atoms with E-state index in [1.807, 2.05) is 5.51 Å². The standard InChI is InChI=1S/C15H28N2OS/c1-6-7-13(10-17-15(3,4)5)18-9-8-14-12(2)16-11-19-14/h11,13,17H,6-10H2,1-5H3. The van der Waals surface area contributed by atoms with Gasteiger partial charge in [0.05, 0.1) is 23.9 Å². The molecule has 4 heteroatoms. The predicted molar refractivity (Wildman–Crippen MR) is 83.0 cm³/mol. The van der Waals surface area contributed by atoms with Crippen LogP contribution in [0.5, 0.6) is 0 Å². The van der Waals surface area contributed by atoms with Crippen molar-refractivity contribution in [3.05, 3.63) is 16.1 Å². The first-order chi connectivity index (χ1) is 8.92. The summed E-state index contributed by atoms with van der Waals surface area (Å²) in [4.78, 5) is 5.62. The molecule has 1 atom stereocenters. The maximum absolute atomic E-state index is 6.02. The summed E-state index contributed by atoms with van der Waals surface area (Å²) in [6.45, 7) is 12.6. The van der Waals surface area contributed by atoms with Gasteiger partial charge in [0.1, 0.15) is 0 Å². The number of thiazole rings is 1. The molecule has 3 nitrogen and oxygen atoms in total. The number of hydrogen-bond donors (Lipinski definition) is 1. The second-order valence-corrected chi connectivity index (χ2v) is 6.96. The highest BCUT2D eigenvalue weighted by Crippen LogP contribution is 2.13. The van der Waals surface area contributed by atoms with Crippen LogP contribution in [0.1, 0.15) is 51.1 Å². The molecule has 1 unspecified atom stereocenters. The van der Waals surface area contributed by atoms with Crippen LogP contribution in [0.3, 0.4) is 0 Å². The van der Waals surface area contributed by atoms with Crippen LogP contribution < -0.4 is 5.32 Å². The van der Waals surface area contributed by atoms with E-state index in [4.69, 9.17) is 4.74 Å². The molecule has 0 saturated heterocycles. The molecule has 110 valence electrons. The number of ether oxygens (including phenoxy) is 1. The third-order valence-electron chi connectivity index (χ3n) is 3.00. The van der Waals surface area contributed by atoms with Crippen molar-refractivity contribution in [1.29, 1.82) is 0 Å². The summed E-state index contributed by atoms with van der Waals surface area (Å²) >= 11 is 1.73. The van der Waals surface area contributed by atoms with E-state index < -0.39 is 0 Å². The van der Waals surface area contributed by atoms with Crippen molar-refractivity contribution in [2.24, 2.45) is 0 Å². The topological polar surface area (TPSA) is 34.1 Å². The number of aryl methyl sites for hydroxylation is 1. The number of hydrogen-bond acceptors (Lipinski definition) is 4. The molecule has 0 saturated carbocycles. The maximum Gasteiger partial charge on any atom is 0.0797 e. The summed E-state index contributed by atoms with van der Waals surface area (Å²) in [5.41, 5.74) is 3.22. The van der Waals surface area contributed by atoms with Crippen LogP contribution in [0, 0.1) is 6.92 Å². The Morgan fingerprint density at radius 1 is 1.42 bits per heavy atom. The molecule has 0 radical (unpaired) electrons. The molecule has 0 aliphatic carbocycles. The molecule has 0 spiro atoms. The summed E-state index contributed by atoms with van der Waals surface area (Å²) in [6, 6.07) is 0. The molecular formula is C15H28N2OS. The van der Waals surface area contributed by atoms with E-state index in [9.17, 15) is 0 Å². The van der Waals surface area contributed by atoms with E-state index in [0.29, 0.717) is 6.10 Å². The summed E-state index contributed by atoms with van der Waals surface area (Å²) < 4.78 is 6.02. The fourth-order valence-corrected chi connectivity index (χ4v) is 2.63. The van der Waals surface area contributed by atoms with Gasteiger partial charge < -0.3 is 10.1 Å². The summed E-state index contributed by atoms with van der Waals surface area (Å²) in [5, 5.41) is 3.53. The minimum atomic E-state index is 0.156. The number of nitrogens with one attached hydrogen (secondary N) is 1. The Kier molecular flexibility index (Phi) is 6.97. The first kappa shape index (κ1) is 16.6. The van der Waals surface area contributed by atoms with Crippen molar-refractivity contribution >= 4 is 11.3 Å². The molecule has 1 aromatic heterocycles. The van der Waals surface area contributed by atoms with Crippen molar-refractivity contribution < 1.29 is 4.74 Å². The molecule has 19 heavy (non-hydrogen) atoms. The molecule has 0 aliphatic rings. The van der Waals surface area contributed by atoms with Gasteiger partial charge in [0, 0.05) is 23.4 Å². The van der Waals surface area contributed by atoms with E-state index in [2.05, 4.69) is 44.9 Å².